The summed E-state index contributed by atoms with van der Waals surface area (Å²) in [5, 5.41) is 12.4. The highest BCUT2D eigenvalue weighted by atomic mass is 79.9. The number of carboxylic acids is 1. The van der Waals surface area contributed by atoms with Crippen molar-refractivity contribution in [1.82, 2.24) is 0 Å². The maximum Gasteiger partial charge on any atom is 0.306 e. The zero-order valence-corrected chi connectivity index (χ0v) is 12.4. The Morgan fingerprint density at radius 2 is 2.00 bits per heavy atom. The third-order valence-electron chi connectivity index (χ3n) is 3.55. The van der Waals surface area contributed by atoms with Gasteiger partial charge in [-0.05, 0) is 37.8 Å². The predicted molar refractivity (Wildman–Crippen MR) is 77.7 cm³/mol. The number of hydrogen-bond acceptors (Lipinski definition) is 3. The van der Waals surface area contributed by atoms with E-state index in [0.717, 1.165) is 41.6 Å². The molecular weight excluding hydrogens is 310 g/mol. The number of carbonyl (C=O) groups is 1. The van der Waals surface area contributed by atoms with E-state index in [1.165, 1.54) is 0 Å². The molecule has 0 heterocycles. The third-order valence-corrected chi connectivity index (χ3v) is 4.01. The van der Waals surface area contributed by atoms with Gasteiger partial charge in [-0.25, -0.2) is 0 Å². The summed E-state index contributed by atoms with van der Waals surface area (Å²) in [4.78, 5) is 10.9. The molecule has 1 aliphatic carbocycles. The fraction of sp³-hybridized carbons (Fsp3) is 0.500. The van der Waals surface area contributed by atoms with Crippen molar-refractivity contribution in [2.45, 2.75) is 31.7 Å². The van der Waals surface area contributed by atoms with Crippen molar-refractivity contribution in [2.75, 3.05) is 12.4 Å². The first kappa shape index (κ1) is 14.2. The van der Waals surface area contributed by atoms with Gasteiger partial charge < -0.3 is 15.2 Å². The van der Waals surface area contributed by atoms with Gasteiger partial charge >= 0.3 is 5.97 Å². The van der Waals surface area contributed by atoms with E-state index in [9.17, 15) is 4.79 Å². The Morgan fingerprint density at radius 3 is 2.58 bits per heavy atom. The van der Waals surface area contributed by atoms with E-state index in [2.05, 4.69) is 21.2 Å². The van der Waals surface area contributed by atoms with Crippen molar-refractivity contribution >= 4 is 27.6 Å². The molecule has 0 radical (unpaired) electrons. The number of hydrogen-bond donors (Lipinski definition) is 2. The number of methoxy groups -OCH3 is 1. The number of nitrogens with one attached hydrogen (secondary N) is 1. The molecule has 0 unspecified atom stereocenters. The Morgan fingerprint density at radius 1 is 1.32 bits per heavy atom. The van der Waals surface area contributed by atoms with Crippen molar-refractivity contribution < 1.29 is 14.6 Å². The number of carboxylic acid groups (broad SMARTS) is 1. The summed E-state index contributed by atoms with van der Waals surface area (Å²) in [6.45, 7) is 0. The van der Waals surface area contributed by atoms with Crippen LogP contribution in [0.4, 0.5) is 5.69 Å². The molecule has 5 heteroatoms. The monoisotopic (exact) mass is 327 g/mol. The highest BCUT2D eigenvalue weighted by Gasteiger charge is 2.25. The van der Waals surface area contributed by atoms with Crippen LogP contribution in [0.15, 0.2) is 22.7 Å². The first-order chi connectivity index (χ1) is 9.08. The number of rotatable bonds is 4. The largest absolute Gasteiger partial charge is 0.497 e. The number of benzene rings is 1. The third kappa shape index (κ3) is 3.86. The van der Waals surface area contributed by atoms with E-state index in [1.54, 1.807) is 7.11 Å². The Bertz CT molecular complexity index is 456. The zero-order valence-electron chi connectivity index (χ0n) is 10.9. The first-order valence-corrected chi connectivity index (χ1v) is 7.21. The fourth-order valence-corrected chi connectivity index (χ4v) is 2.96. The van der Waals surface area contributed by atoms with E-state index in [4.69, 9.17) is 9.84 Å². The molecule has 0 bridgehead atoms. The van der Waals surface area contributed by atoms with Crippen LogP contribution < -0.4 is 10.1 Å². The topological polar surface area (TPSA) is 58.6 Å². The molecule has 1 saturated carbocycles. The van der Waals surface area contributed by atoms with Gasteiger partial charge in [0.1, 0.15) is 5.75 Å². The molecule has 19 heavy (non-hydrogen) atoms. The summed E-state index contributed by atoms with van der Waals surface area (Å²) >= 11 is 3.45. The summed E-state index contributed by atoms with van der Waals surface area (Å²) in [5.74, 6) is -0.0335. The molecule has 0 spiro atoms. The van der Waals surface area contributed by atoms with E-state index >= 15 is 0 Å². The second-order valence-electron chi connectivity index (χ2n) is 4.91. The molecule has 0 amide bonds. The van der Waals surface area contributed by atoms with Crippen LogP contribution in [0.3, 0.4) is 0 Å². The van der Waals surface area contributed by atoms with Crippen LogP contribution in [0.5, 0.6) is 5.75 Å². The van der Waals surface area contributed by atoms with Crippen molar-refractivity contribution in [3.63, 3.8) is 0 Å². The lowest BCUT2D eigenvalue weighted by Crippen LogP contribution is -2.29. The van der Waals surface area contributed by atoms with Crippen molar-refractivity contribution in [3.05, 3.63) is 22.7 Å². The van der Waals surface area contributed by atoms with E-state index in [-0.39, 0.29) is 5.92 Å². The second-order valence-corrected chi connectivity index (χ2v) is 5.83. The van der Waals surface area contributed by atoms with Gasteiger partial charge in [0, 0.05) is 22.3 Å². The number of ether oxygens (including phenoxy) is 1. The Labute approximate surface area is 121 Å². The van der Waals surface area contributed by atoms with Crippen LogP contribution in [-0.2, 0) is 4.79 Å². The van der Waals surface area contributed by atoms with Gasteiger partial charge in [0.05, 0.1) is 13.0 Å². The number of anilines is 1. The Balaban J connectivity index is 1.95. The lowest BCUT2D eigenvalue weighted by atomic mass is 9.86. The predicted octanol–water partition coefficient (Wildman–Crippen LogP) is 3.51. The average molecular weight is 328 g/mol. The van der Waals surface area contributed by atoms with Crippen LogP contribution in [-0.4, -0.2) is 24.2 Å². The molecule has 1 aromatic carbocycles. The first-order valence-electron chi connectivity index (χ1n) is 6.42. The molecule has 2 N–H and O–H groups in total. The van der Waals surface area contributed by atoms with Crippen molar-refractivity contribution in [2.24, 2.45) is 5.92 Å². The SMILES string of the molecule is COc1cc(Br)cc(NC2CCC(C(=O)O)CC2)c1. The Hall–Kier alpha value is -1.23. The van der Waals surface area contributed by atoms with Crippen LogP contribution in [0.1, 0.15) is 25.7 Å². The molecule has 0 aliphatic heterocycles. The standard InChI is InChI=1S/C14H18BrNO3/c1-19-13-7-10(15)6-12(8-13)16-11-4-2-9(3-5-11)14(17)18/h6-9,11,16H,2-5H2,1H3,(H,17,18). The number of halogens is 1. The molecule has 1 aromatic rings. The van der Waals surface area contributed by atoms with Crippen LogP contribution >= 0.6 is 15.9 Å². The molecule has 0 aromatic heterocycles. The minimum atomic E-state index is -0.664. The van der Waals surface area contributed by atoms with Gasteiger partial charge in [-0.2, -0.15) is 0 Å². The molecule has 2 rings (SSSR count). The molecule has 104 valence electrons. The maximum absolute atomic E-state index is 10.9. The summed E-state index contributed by atoms with van der Waals surface area (Å²) in [5.41, 5.74) is 1.00. The lowest BCUT2D eigenvalue weighted by molar-refractivity contribution is -0.142. The highest BCUT2D eigenvalue weighted by Crippen LogP contribution is 2.29. The second kappa shape index (κ2) is 6.28. The minimum Gasteiger partial charge on any atom is -0.497 e. The van der Waals surface area contributed by atoms with E-state index < -0.39 is 5.97 Å². The molecule has 1 aliphatic rings. The van der Waals surface area contributed by atoms with E-state index in [0.29, 0.717) is 6.04 Å². The summed E-state index contributed by atoms with van der Waals surface area (Å²) in [6.07, 6.45) is 3.29. The molecular formula is C14H18BrNO3. The van der Waals surface area contributed by atoms with Gasteiger partial charge in [0.15, 0.2) is 0 Å². The van der Waals surface area contributed by atoms with Crippen LogP contribution in [0.2, 0.25) is 0 Å². The molecule has 0 saturated heterocycles. The summed E-state index contributed by atoms with van der Waals surface area (Å²) in [6, 6.07) is 6.21. The summed E-state index contributed by atoms with van der Waals surface area (Å²) < 4.78 is 6.19. The maximum atomic E-state index is 10.9. The van der Waals surface area contributed by atoms with Crippen LogP contribution in [0.25, 0.3) is 0 Å². The van der Waals surface area contributed by atoms with Crippen molar-refractivity contribution in [3.8, 4) is 5.75 Å². The lowest BCUT2D eigenvalue weighted by Gasteiger charge is -2.27. The molecule has 0 atom stereocenters. The molecule has 1 fully saturated rings. The van der Waals surface area contributed by atoms with Crippen molar-refractivity contribution in [1.29, 1.82) is 0 Å². The fourth-order valence-electron chi connectivity index (χ4n) is 2.48. The van der Waals surface area contributed by atoms with Gasteiger partial charge in [-0.1, -0.05) is 15.9 Å². The highest BCUT2D eigenvalue weighted by molar-refractivity contribution is 9.10. The van der Waals surface area contributed by atoms with Gasteiger partial charge in [-0.3, -0.25) is 4.79 Å². The average Bonchev–Trinajstić information content (AvgIpc) is 2.38. The molecule has 4 nitrogen and oxygen atoms in total. The smallest absolute Gasteiger partial charge is 0.306 e. The van der Waals surface area contributed by atoms with Gasteiger partial charge in [0.2, 0.25) is 0 Å². The zero-order chi connectivity index (χ0) is 13.8. The Kier molecular flexibility index (Phi) is 4.69. The normalized spacial score (nSPS) is 22.8. The van der Waals surface area contributed by atoms with E-state index in [1.807, 2.05) is 18.2 Å². The number of aliphatic carboxylic acids is 1. The van der Waals surface area contributed by atoms with Gasteiger partial charge in [0.25, 0.3) is 0 Å². The van der Waals surface area contributed by atoms with Gasteiger partial charge in [-0.15, -0.1) is 0 Å². The minimum absolute atomic E-state index is 0.171. The van der Waals surface area contributed by atoms with Crippen LogP contribution in [0, 0.1) is 5.92 Å². The summed E-state index contributed by atoms with van der Waals surface area (Å²) in [7, 11) is 1.64. The quantitative estimate of drug-likeness (QED) is 0.888.